The highest BCUT2D eigenvalue weighted by Gasteiger charge is 1.99. The average Bonchev–Trinajstić information content (AvgIpc) is 1.82. The van der Waals surface area contributed by atoms with Crippen LogP contribution in [0.15, 0.2) is 0 Å². The van der Waals surface area contributed by atoms with Gasteiger partial charge < -0.3 is 4.90 Å². The fourth-order valence-corrected chi connectivity index (χ4v) is 0.681. The predicted molar refractivity (Wildman–Crippen MR) is 37.7 cm³/mol. The lowest BCUT2D eigenvalue weighted by Gasteiger charge is -2.14. The Bertz CT molecular complexity index is 102. The highest BCUT2D eigenvalue weighted by Crippen LogP contribution is 1.95. The quantitative estimate of drug-likeness (QED) is 0.422. The molecule has 0 saturated carbocycles. The van der Waals surface area contributed by atoms with E-state index in [4.69, 9.17) is 5.26 Å². The van der Waals surface area contributed by atoms with E-state index >= 15 is 0 Å². The third-order valence-corrected chi connectivity index (χ3v) is 1.11. The summed E-state index contributed by atoms with van der Waals surface area (Å²) in [5, 5.41) is 8.45. The lowest BCUT2D eigenvalue weighted by atomic mass is 10.2. The molecule has 0 aliphatic rings. The molecule has 0 fully saturated rings. The van der Waals surface area contributed by atoms with Crippen molar-refractivity contribution in [1.29, 1.82) is 5.26 Å². The second-order valence-corrected chi connectivity index (χ2v) is 2.53. The molecule has 0 aliphatic heterocycles. The molecular formula is C7H14N2. The molecule has 0 unspecified atom stereocenters. The Morgan fingerprint density at radius 2 is 2.11 bits per heavy atom. The fourth-order valence-electron chi connectivity index (χ4n) is 0.681. The zero-order valence-electron chi connectivity index (χ0n) is 6.39. The summed E-state index contributed by atoms with van der Waals surface area (Å²) in [6.07, 6.45) is 2.12. The van der Waals surface area contributed by atoms with E-state index in [0.717, 1.165) is 13.1 Å². The van der Waals surface area contributed by atoms with Crippen LogP contribution < -0.4 is 0 Å². The predicted octanol–water partition coefficient (Wildman–Crippen LogP) is 1.45. The minimum atomic E-state index is 0.588. The van der Waals surface area contributed by atoms with Crippen LogP contribution in [0.25, 0.3) is 0 Å². The van der Waals surface area contributed by atoms with Gasteiger partial charge in [0.1, 0.15) is 0 Å². The average molecular weight is 126 g/mol. The van der Waals surface area contributed by atoms with Gasteiger partial charge in [0.25, 0.3) is 0 Å². The molecule has 0 bridgehead atoms. The van der Waals surface area contributed by atoms with E-state index in [1.165, 1.54) is 0 Å². The molecule has 0 aliphatic carbocycles. The van der Waals surface area contributed by atoms with Crippen molar-refractivity contribution < 1.29 is 0 Å². The molecule has 2 heteroatoms. The second kappa shape index (κ2) is 4.20. The van der Waals surface area contributed by atoms with Crippen molar-refractivity contribution in [2.75, 3.05) is 13.1 Å². The molecular weight excluding hydrogens is 112 g/mol. The Morgan fingerprint density at radius 3 is 2.22 bits per heavy atom. The van der Waals surface area contributed by atoms with Crippen molar-refractivity contribution in [3.63, 3.8) is 0 Å². The van der Waals surface area contributed by atoms with Crippen molar-refractivity contribution in [3.05, 3.63) is 0 Å². The van der Waals surface area contributed by atoms with E-state index < -0.39 is 0 Å². The van der Waals surface area contributed by atoms with Crippen LogP contribution in [0.1, 0.15) is 20.8 Å². The molecule has 0 aromatic rings. The van der Waals surface area contributed by atoms with Crippen molar-refractivity contribution in [2.24, 2.45) is 5.92 Å². The van der Waals surface area contributed by atoms with Crippen LogP contribution in [0.2, 0.25) is 0 Å². The maximum atomic E-state index is 8.45. The minimum Gasteiger partial charge on any atom is -0.311 e. The molecule has 0 spiro atoms. The molecule has 0 amide bonds. The van der Waals surface area contributed by atoms with Gasteiger partial charge in [-0.1, -0.05) is 13.8 Å². The third-order valence-electron chi connectivity index (χ3n) is 1.11. The van der Waals surface area contributed by atoms with Crippen LogP contribution >= 0.6 is 0 Å². The zero-order valence-corrected chi connectivity index (χ0v) is 6.39. The van der Waals surface area contributed by atoms with Crippen LogP contribution in [0, 0.1) is 17.4 Å². The van der Waals surface area contributed by atoms with Gasteiger partial charge in [0.05, 0.1) is 0 Å². The molecule has 0 aromatic carbocycles. The van der Waals surface area contributed by atoms with Gasteiger partial charge >= 0.3 is 0 Å². The van der Waals surface area contributed by atoms with Crippen LogP contribution in [-0.2, 0) is 0 Å². The first-order valence-electron chi connectivity index (χ1n) is 3.35. The van der Waals surface area contributed by atoms with Crippen LogP contribution in [0.3, 0.4) is 0 Å². The molecule has 0 radical (unpaired) electrons. The second-order valence-electron chi connectivity index (χ2n) is 2.53. The smallest absolute Gasteiger partial charge is 0.179 e. The van der Waals surface area contributed by atoms with E-state index in [2.05, 4.69) is 20.0 Å². The molecule has 0 aromatic heterocycles. The molecule has 52 valence electrons. The van der Waals surface area contributed by atoms with Gasteiger partial charge in [-0.2, -0.15) is 5.26 Å². The lowest BCUT2D eigenvalue weighted by Crippen LogP contribution is -2.21. The Balaban J connectivity index is 3.47. The highest BCUT2D eigenvalue weighted by molar-refractivity contribution is 4.72. The highest BCUT2D eigenvalue weighted by atomic mass is 15.1. The van der Waals surface area contributed by atoms with Gasteiger partial charge in [0.2, 0.25) is 0 Å². The number of nitriles is 1. The molecule has 0 saturated heterocycles. The first-order valence-corrected chi connectivity index (χ1v) is 3.35. The van der Waals surface area contributed by atoms with E-state index in [1.807, 2.05) is 6.92 Å². The van der Waals surface area contributed by atoms with E-state index in [-0.39, 0.29) is 0 Å². The van der Waals surface area contributed by atoms with Gasteiger partial charge in [-0.05, 0) is 12.8 Å². The lowest BCUT2D eigenvalue weighted by molar-refractivity contribution is 0.359. The standard InChI is InChI=1S/C7H14N2/c1-4-9(6-8)5-7(2)3/h7H,4-5H2,1-3H3. The van der Waals surface area contributed by atoms with Crippen molar-refractivity contribution >= 4 is 0 Å². The molecule has 0 atom stereocenters. The van der Waals surface area contributed by atoms with Crippen LogP contribution in [-0.4, -0.2) is 18.0 Å². The van der Waals surface area contributed by atoms with Crippen LogP contribution in [0.5, 0.6) is 0 Å². The third kappa shape index (κ3) is 3.84. The summed E-state index contributed by atoms with van der Waals surface area (Å²) in [6, 6.07) is 0. The van der Waals surface area contributed by atoms with E-state index in [0.29, 0.717) is 5.92 Å². The maximum absolute atomic E-state index is 8.45. The summed E-state index contributed by atoms with van der Waals surface area (Å²) in [5.41, 5.74) is 0. The minimum absolute atomic E-state index is 0.588. The Kier molecular flexibility index (Phi) is 3.87. The number of hydrogen-bond donors (Lipinski definition) is 0. The molecule has 9 heavy (non-hydrogen) atoms. The van der Waals surface area contributed by atoms with Crippen molar-refractivity contribution in [2.45, 2.75) is 20.8 Å². The van der Waals surface area contributed by atoms with Gasteiger partial charge in [-0.3, -0.25) is 0 Å². The first kappa shape index (κ1) is 8.29. The molecule has 2 nitrogen and oxygen atoms in total. The first-order chi connectivity index (χ1) is 4.20. The van der Waals surface area contributed by atoms with Crippen molar-refractivity contribution in [1.82, 2.24) is 4.90 Å². The number of rotatable bonds is 3. The SMILES string of the molecule is CCN(C#N)CC(C)C. The van der Waals surface area contributed by atoms with Gasteiger partial charge in [0, 0.05) is 13.1 Å². The summed E-state index contributed by atoms with van der Waals surface area (Å²) in [5.74, 6) is 0.588. The Hall–Kier alpha value is -0.710. The molecule has 0 N–H and O–H groups in total. The van der Waals surface area contributed by atoms with Gasteiger partial charge in [0.15, 0.2) is 6.19 Å². The van der Waals surface area contributed by atoms with E-state index in [9.17, 15) is 0 Å². The van der Waals surface area contributed by atoms with Crippen molar-refractivity contribution in [3.8, 4) is 6.19 Å². The summed E-state index contributed by atoms with van der Waals surface area (Å²) in [7, 11) is 0. The summed E-state index contributed by atoms with van der Waals surface area (Å²) in [6.45, 7) is 7.92. The molecule has 0 rings (SSSR count). The van der Waals surface area contributed by atoms with Gasteiger partial charge in [-0.15, -0.1) is 0 Å². The summed E-state index contributed by atoms with van der Waals surface area (Å²) >= 11 is 0. The zero-order chi connectivity index (χ0) is 7.28. The largest absolute Gasteiger partial charge is 0.311 e. The topological polar surface area (TPSA) is 27.0 Å². The monoisotopic (exact) mass is 126 g/mol. The van der Waals surface area contributed by atoms with E-state index in [1.54, 1.807) is 4.90 Å². The Morgan fingerprint density at radius 1 is 1.56 bits per heavy atom. The Labute approximate surface area is 57.1 Å². The normalized spacial score (nSPS) is 9.22. The number of nitrogens with zero attached hydrogens (tertiary/aromatic N) is 2. The fraction of sp³-hybridized carbons (Fsp3) is 0.857. The summed E-state index contributed by atoms with van der Waals surface area (Å²) in [4.78, 5) is 1.75. The molecule has 0 heterocycles. The van der Waals surface area contributed by atoms with Gasteiger partial charge in [-0.25, -0.2) is 0 Å². The summed E-state index contributed by atoms with van der Waals surface area (Å²) < 4.78 is 0. The number of hydrogen-bond acceptors (Lipinski definition) is 2. The maximum Gasteiger partial charge on any atom is 0.179 e. The van der Waals surface area contributed by atoms with Crippen LogP contribution in [0.4, 0.5) is 0 Å².